The number of hydrogen-bond donors (Lipinski definition) is 2. The predicted molar refractivity (Wildman–Crippen MR) is 65.0 cm³/mol. The Balaban J connectivity index is 2.41. The largest absolute Gasteiger partial charge is 0.399 e. The fourth-order valence-corrected chi connectivity index (χ4v) is 3.71. The van der Waals surface area contributed by atoms with E-state index in [4.69, 9.17) is 5.73 Å². The smallest absolute Gasteiger partial charge is 0.243 e. The minimum absolute atomic E-state index is 0.163. The van der Waals surface area contributed by atoms with Crippen molar-refractivity contribution in [2.24, 2.45) is 0 Å². The Morgan fingerprint density at radius 2 is 2.18 bits per heavy atom. The van der Waals surface area contributed by atoms with Crippen LogP contribution in [0.4, 0.5) is 5.69 Å². The zero-order valence-electron chi connectivity index (χ0n) is 9.63. The SMILES string of the molecule is Cc1ccc(N)cc1S(=O)(=O)N1CC[C@H](O)C1. The fraction of sp³-hybridized carbons (Fsp3) is 0.455. The molecule has 0 bridgehead atoms. The van der Waals surface area contributed by atoms with Crippen LogP contribution in [0, 0.1) is 6.92 Å². The number of benzene rings is 1. The zero-order chi connectivity index (χ0) is 12.6. The van der Waals surface area contributed by atoms with E-state index in [2.05, 4.69) is 0 Å². The third kappa shape index (κ3) is 2.29. The standard InChI is InChI=1S/C11H16N2O3S/c1-8-2-3-9(12)6-11(8)17(15,16)13-5-4-10(14)7-13/h2-3,6,10,14H,4-5,7,12H2,1H3/t10-/m0/s1. The maximum atomic E-state index is 12.3. The lowest BCUT2D eigenvalue weighted by Gasteiger charge is -2.17. The number of nitrogens with zero attached hydrogens (tertiary/aromatic N) is 1. The molecule has 17 heavy (non-hydrogen) atoms. The van der Waals surface area contributed by atoms with E-state index in [0.717, 1.165) is 0 Å². The van der Waals surface area contributed by atoms with Crippen LogP contribution in [0.2, 0.25) is 0 Å². The number of sulfonamides is 1. The maximum Gasteiger partial charge on any atom is 0.243 e. The van der Waals surface area contributed by atoms with Gasteiger partial charge in [0, 0.05) is 18.8 Å². The number of rotatable bonds is 2. The number of nitrogens with two attached hydrogens (primary N) is 1. The molecule has 0 radical (unpaired) electrons. The van der Waals surface area contributed by atoms with Crippen LogP contribution in [-0.4, -0.2) is 37.0 Å². The molecule has 94 valence electrons. The Bertz CT molecular complexity index is 528. The molecular formula is C11H16N2O3S. The van der Waals surface area contributed by atoms with Gasteiger partial charge in [0.15, 0.2) is 0 Å². The van der Waals surface area contributed by atoms with E-state index in [9.17, 15) is 13.5 Å². The second-order valence-electron chi connectivity index (χ2n) is 4.33. The second-order valence-corrected chi connectivity index (χ2v) is 6.24. The van der Waals surface area contributed by atoms with Crippen LogP contribution >= 0.6 is 0 Å². The Kier molecular flexibility index (Phi) is 3.11. The fourth-order valence-electron chi connectivity index (χ4n) is 1.96. The molecule has 5 nitrogen and oxygen atoms in total. The highest BCUT2D eigenvalue weighted by Crippen LogP contribution is 2.25. The molecule has 0 aliphatic carbocycles. The molecule has 0 unspecified atom stereocenters. The van der Waals surface area contributed by atoms with Gasteiger partial charge < -0.3 is 10.8 Å². The monoisotopic (exact) mass is 256 g/mol. The number of aliphatic hydroxyl groups is 1. The van der Waals surface area contributed by atoms with Gasteiger partial charge >= 0.3 is 0 Å². The van der Waals surface area contributed by atoms with Crippen LogP contribution in [0.1, 0.15) is 12.0 Å². The van der Waals surface area contributed by atoms with Gasteiger partial charge in [-0.3, -0.25) is 0 Å². The predicted octanol–water partition coefficient (Wildman–Crippen LogP) is 0.333. The van der Waals surface area contributed by atoms with Crippen LogP contribution in [0.15, 0.2) is 23.1 Å². The number of anilines is 1. The van der Waals surface area contributed by atoms with Crippen LogP contribution < -0.4 is 5.73 Å². The molecule has 0 aromatic heterocycles. The quantitative estimate of drug-likeness (QED) is 0.747. The van der Waals surface area contributed by atoms with E-state index < -0.39 is 16.1 Å². The van der Waals surface area contributed by atoms with Crippen molar-refractivity contribution in [3.8, 4) is 0 Å². The van der Waals surface area contributed by atoms with Crippen LogP contribution in [0.5, 0.6) is 0 Å². The Hall–Kier alpha value is -1.11. The number of aryl methyl sites for hydroxylation is 1. The van der Waals surface area contributed by atoms with Crippen molar-refractivity contribution >= 4 is 15.7 Å². The molecule has 1 fully saturated rings. The average Bonchev–Trinajstić information content (AvgIpc) is 2.69. The van der Waals surface area contributed by atoms with Crippen molar-refractivity contribution in [2.75, 3.05) is 18.8 Å². The molecule has 3 N–H and O–H groups in total. The molecule has 2 rings (SSSR count). The summed E-state index contributed by atoms with van der Waals surface area (Å²) in [7, 11) is -3.53. The van der Waals surface area contributed by atoms with Gasteiger partial charge in [-0.2, -0.15) is 4.31 Å². The topological polar surface area (TPSA) is 83.6 Å². The average molecular weight is 256 g/mol. The van der Waals surface area contributed by atoms with Gasteiger partial charge in [-0.25, -0.2) is 8.42 Å². The first-order valence-electron chi connectivity index (χ1n) is 5.45. The minimum Gasteiger partial charge on any atom is -0.399 e. The summed E-state index contributed by atoms with van der Waals surface area (Å²) >= 11 is 0. The lowest BCUT2D eigenvalue weighted by atomic mass is 10.2. The molecule has 1 aliphatic rings. The summed E-state index contributed by atoms with van der Waals surface area (Å²) in [5.74, 6) is 0. The highest BCUT2D eigenvalue weighted by atomic mass is 32.2. The number of hydrogen-bond acceptors (Lipinski definition) is 4. The van der Waals surface area contributed by atoms with Gasteiger partial charge in [0.05, 0.1) is 11.0 Å². The van der Waals surface area contributed by atoms with Gasteiger partial charge in [-0.15, -0.1) is 0 Å². The zero-order valence-corrected chi connectivity index (χ0v) is 10.4. The molecule has 1 heterocycles. The van der Waals surface area contributed by atoms with Gasteiger partial charge in [-0.05, 0) is 31.0 Å². The van der Waals surface area contributed by atoms with E-state index in [1.807, 2.05) is 0 Å². The highest BCUT2D eigenvalue weighted by Gasteiger charge is 2.32. The normalized spacial score (nSPS) is 21.9. The summed E-state index contributed by atoms with van der Waals surface area (Å²) in [5.41, 5.74) is 6.71. The maximum absolute atomic E-state index is 12.3. The Labute approximate surface area is 101 Å². The molecule has 0 saturated carbocycles. The lowest BCUT2D eigenvalue weighted by molar-refractivity contribution is 0.189. The minimum atomic E-state index is -3.53. The number of β-amino-alcohol motifs (C(OH)–C–C–N with tert-alkyl or cyclic N) is 1. The number of aliphatic hydroxyl groups excluding tert-OH is 1. The van der Waals surface area contributed by atoms with Gasteiger partial charge in [0.2, 0.25) is 10.0 Å². The molecule has 1 saturated heterocycles. The van der Waals surface area contributed by atoms with Crippen molar-refractivity contribution in [3.05, 3.63) is 23.8 Å². The first-order valence-corrected chi connectivity index (χ1v) is 6.89. The Morgan fingerprint density at radius 3 is 2.76 bits per heavy atom. The van der Waals surface area contributed by atoms with E-state index in [0.29, 0.717) is 24.2 Å². The van der Waals surface area contributed by atoms with Crippen LogP contribution in [0.3, 0.4) is 0 Å². The van der Waals surface area contributed by atoms with Gasteiger partial charge in [0.25, 0.3) is 0 Å². The third-order valence-electron chi connectivity index (χ3n) is 2.96. The third-order valence-corrected chi connectivity index (χ3v) is 4.96. The lowest BCUT2D eigenvalue weighted by Crippen LogP contribution is -2.30. The van der Waals surface area contributed by atoms with E-state index >= 15 is 0 Å². The summed E-state index contributed by atoms with van der Waals surface area (Å²) in [5, 5.41) is 9.40. The molecule has 6 heteroatoms. The van der Waals surface area contributed by atoms with Crippen LogP contribution in [0.25, 0.3) is 0 Å². The van der Waals surface area contributed by atoms with E-state index in [1.165, 1.54) is 10.4 Å². The second kappa shape index (κ2) is 4.29. The molecule has 0 spiro atoms. The summed E-state index contributed by atoms with van der Waals surface area (Å²) in [6.45, 7) is 2.26. The molecule has 0 amide bonds. The highest BCUT2D eigenvalue weighted by molar-refractivity contribution is 7.89. The number of nitrogen functional groups attached to an aromatic ring is 1. The molecular weight excluding hydrogens is 240 g/mol. The summed E-state index contributed by atoms with van der Waals surface area (Å²) in [6.07, 6.45) is -0.0771. The molecule has 1 aliphatic heterocycles. The van der Waals surface area contributed by atoms with Crippen molar-refractivity contribution in [3.63, 3.8) is 0 Å². The van der Waals surface area contributed by atoms with Crippen molar-refractivity contribution in [1.29, 1.82) is 0 Å². The van der Waals surface area contributed by atoms with Crippen LogP contribution in [-0.2, 0) is 10.0 Å². The Morgan fingerprint density at radius 1 is 1.47 bits per heavy atom. The summed E-state index contributed by atoms with van der Waals surface area (Å²) in [6, 6.07) is 4.83. The van der Waals surface area contributed by atoms with Crippen molar-refractivity contribution in [1.82, 2.24) is 4.31 Å². The van der Waals surface area contributed by atoms with Gasteiger partial charge in [-0.1, -0.05) is 6.07 Å². The summed E-state index contributed by atoms with van der Waals surface area (Å²) in [4.78, 5) is 0.228. The molecule has 1 aromatic rings. The van der Waals surface area contributed by atoms with E-state index in [1.54, 1.807) is 19.1 Å². The van der Waals surface area contributed by atoms with Gasteiger partial charge in [0.1, 0.15) is 0 Å². The summed E-state index contributed by atoms with van der Waals surface area (Å²) < 4.78 is 25.9. The van der Waals surface area contributed by atoms with Crippen molar-refractivity contribution in [2.45, 2.75) is 24.3 Å². The first-order chi connectivity index (χ1) is 7.91. The van der Waals surface area contributed by atoms with Crippen molar-refractivity contribution < 1.29 is 13.5 Å². The first kappa shape index (κ1) is 12.3. The molecule has 1 atom stereocenters. The molecule has 1 aromatic carbocycles. The van der Waals surface area contributed by atoms with E-state index in [-0.39, 0.29) is 11.4 Å².